The molecule has 0 fully saturated rings. The zero-order valence-electron chi connectivity index (χ0n) is 6.20. The maximum atomic E-state index is 4.01. The fraction of sp³-hybridized carbons (Fsp3) is 0.375. The number of hydrogen-bond acceptors (Lipinski definition) is 2. The van der Waals surface area contributed by atoms with Crippen molar-refractivity contribution >= 4 is 6.21 Å². The van der Waals surface area contributed by atoms with Crippen LogP contribution in [-0.4, -0.2) is 24.7 Å². The van der Waals surface area contributed by atoms with Crippen LogP contribution < -0.4 is 0 Å². The molecule has 1 aliphatic rings. The van der Waals surface area contributed by atoms with Crippen LogP contribution in [0.2, 0.25) is 0 Å². The summed E-state index contributed by atoms with van der Waals surface area (Å²) in [6.07, 6.45) is 10.8. The second kappa shape index (κ2) is 3.88. The predicted molar refractivity (Wildman–Crippen MR) is 44.0 cm³/mol. The van der Waals surface area contributed by atoms with Crippen molar-refractivity contribution in [3.05, 3.63) is 24.6 Å². The van der Waals surface area contributed by atoms with Gasteiger partial charge in [0.05, 0.1) is 0 Å². The minimum atomic E-state index is 1.07. The average Bonchev–Trinajstić information content (AvgIpc) is 2.02. The van der Waals surface area contributed by atoms with E-state index in [4.69, 9.17) is 0 Å². The van der Waals surface area contributed by atoms with Gasteiger partial charge in [-0.3, -0.25) is 4.99 Å². The molecule has 0 unspecified atom stereocenters. The van der Waals surface area contributed by atoms with E-state index in [9.17, 15) is 0 Å². The van der Waals surface area contributed by atoms with E-state index in [-0.39, 0.29) is 0 Å². The summed E-state index contributed by atoms with van der Waals surface area (Å²) in [7, 11) is 2.05. The first-order chi connectivity index (χ1) is 4.89. The van der Waals surface area contributed by atoms with Gasteiger partial charge in [-0.05, 0) is 12.5 Å². The number of nitrogens with zero attached hydrogens (tertiary/aromatic N) is 2. The summed E-state index contributed by atoms with van der Waals surface area (Å²) in [5.74, 6) is 0. The predicted octanol–water partition coefficient (Wildman–Crippen LogP) is 1.42. The van der Waals surface area contributed by atoms with Crippen LogP contribution in [0.5, 0.6) is 0 Å². The Morgan fingerprint density at radius 1 is 1.50 bits per heavy atom. The van der Waals surface area contributed by atoms with Gasteiger partial charge in [-0.1, -0.05) is 6.08 Å². The monoisotopic (exact) mass is 136 g/mol. The molecule has 54 valence electrons. The number of allylic oxidation sites excluding steroid dienone is 1. The maximum absolute atomic E-state index is 4.01. The molecule has 0 aromatic carbocycles. The van der Waals surface area contributed by atoms with Crippen molar-refractivity contribution in [3.63, 3.8) is 0 Å². The molecule has 0 bridgehead atoms. The molecule has 2 nitrogen and oxygen atoms in total. The van der Waals surface area contributed by atoms with Crippen LogP contribution in [0.1, 0.15) is 6.42 Å². The molecule has 0 spiro atoms. The molecule has 1 rings (SSSR count). The Balaban J connectivity index is 2.54. The van der Waals surface area contributed by atoms with Crippen LogP contribution >= 0.6 is 0 Å². The number of hydrogen-bond donors (Lipinski definition) is 0. The number of aliphatic imine (C=N–C) groups is 1. The quantitative estimate of drug-likeness (QED) is 0.491. The second-order valence-corrected chi connectivity index (χ2v) is 2.29. The van der Waals surface area contributed by atoms with Crippen LogP contribution in [-0.2, 0) is 0 Å². The second-order valence-electron chi connectivity index (χ2n) is 2.29. The molecule has 0 atom stereocenters. The lowest BCUT2D eigenvalue weighted by Gasteiger charge is -2.10. The molecule has 0 radical (unpaired) electrons. The average molecular weight is 136 g/mol. The van der Waals surface area contributed by atoms with Gasteiger partial charge in [-0.2, -0.15) is 0 Å². The van der Waals surface area contributed by atoms with E-state index in [0.29, 0.717) is 0 Å². The third kappa shape index (κ3) is 2.49. The third-order valence-electron chi connectivity index (χ3n) is 1.36. The van der Waals surface area contributed by atoms with Gasteiger partial charge in [0.2, 0.25) is 0 Å². The molecule has 0 aliphatic carbocycles. The fourth-order valence-corrected chi connectivity index (χ4v) is 0.761. The van der Waals surface area contributed by atoms with Crippen molar-refractivity contribution in [3.8, 4) is 0 Å². The van der Waals surface area contributed by atoms with Gasteiger partial charge < -0.3 is 4.90 Å². The first kappa shape index (κ1) is 7.06. The third-order valence-corrected chi connectivity index (χ3v) is 1.36. The molecule has 0 saturated heterocycles. The summed E-state index contributed by atoms with van der Waals surface area (Å²) in [4.78, 5) is 6.13. The molecule has 10 heavy (non-hydrogen) atoms. The molecule has 0 saturated carbocycles. The Hall–Kier alpha value is -1.05. The molecule has 0 aromatic heterocycles. The van der Waals surface area contributed by atoms with Crippen molar-refractivity contribution < 1.29 is 0 Å². The molecular formula is C8H12N2. The van der Waals surface area contributed by atoms with Crippen molar-refractivity contribution in [1.29, 1.82) is 0 Å². The molecule has 2 heteroatoms. The Morgan fingerprint density at radius 3 is 3.30 bits per heavy atom. The lowest BCUT2D eigenvalue weighted by molar-refractivity contribution is 0.464. The summed E-state index contributed by atoms with van der Waals surface area (Å²) < 4.78 is 0. The summed E-state index contributed by atoms with van der Waals surface area (Å²) in [6.45, 7) is 1.07. The van der Waals surface area contributed by atoms with Crippen LogP contribution in [0.3, 0.4) is 0 Å². The zero-order valence-corrected chi connectivity index (χ0v) is 6.20. The van der Waals surface area contributed by atoms with Crippen molar-refractivity contribution in [2.24, 2.45) is 4.99 Å². The molecule has 0 N–H and O–H groups in total. The first-order valence-corrected chi connectivity index (χ1v) is 3.45. The van der Waals surface area contributed by atoms with Crippen LogP contribution in [0.4, 0.5) is 0 Å². The molecule has 0 amide bonds. The molecule has 1 heterocycles. The smallest absolute Gasteiger partial charge is 0.0426 e. The Morgan fingerprint density at radius 2 is 2.40 bits per heavy atom. The highest BCUT2D eigenvalue weighted by Gasteiger charge is 1.87. The Kier molecular flexibility index (Phi) is 2.74. The topological polar surface area (TPSA) is 15.6 Å². The number of rotatable bonds is 0. The highest BCUT2D eigenvalue weighted by Crippen LogP contribution is 1.92. The SMILES string of the molecule is CN1\C=C/N=C\C=C/CC1. The van der Waals surface area contributed by atoms with Gasteiger partial charge in [-0.15, -0.1) is 0 Å². The van der Waals surface area contributed by atoms with Crippen molar-refractivity contribution in [2.45, 2.75) is 6.42 Å². The van der Waals surface area contributed by atoms with Gasteiger partial charge in [0.15, 0.2) is 0 Å². The standard InChI is InChI=1S/C8H12N2/c1-10-7-4-2-3-5-9-6-8-10/h2-3,5-6,8H,4,7H2,1H3/b3-2-,8-6-,9-5-. The van der Waals surface area contributed by atoms with Crippen LogP contribution in [0, 0.1) is 0 Å². The van der Waals surface area contributed by atoms with Crippen molar-refractivity contribution in [2.75, 3.05) is 13.6 Å². The van der Waals surface area contributed by atoms with E-state index in [2.05, 4.69) is 16.0 Å². The largest absolute Gasteiger partial charge is 0.379 e. The summed E-state index contributed by atoms with van der Waals surface area (Å²) in [5, 5.41) is 0. The van der Waals surface area contributed by atoms with Crippen LogP contribution in [0.25, 0.3) is 0 Å². The molecular weight excluding hydrogens is 124 g/mol. The van der Waals surface area contributed by atoms with Gasteiger partial charge in [0.1, 0.15) is 0 Å². The molecule has 0 aromatic rings. The Bertz CT molecular complexity index is 168. The lowest BCUT2D eigenvalue weighted by atomic mass is 10.4. The highest BCUT2D eigenvalue weighted by atomic mass is 15.1. The normalized spacial score (nSPS) is 27.9. The van der Waals surface area contributed by atoms with E-state index in [1.807, 2.05) is 19.3 Å². The van der Waals surface area contributed by atoms with Gasteiger partial charge >= 0.3 is 0 Å². The fourth-order valence-electron chi connectivity index (χ4n) is 0.761. The van der Waals surface area contributed by atoms with Gasteiger partial charge in [-0.25, -0.2) is 0 Å². The van der Waals surface area contributed by atoms with E-state index >= 15 is 0 Å². The highest BCUT2D eigenvalue weighted by molar-refractivity contribution is 5.71. The van der Waals surface area contributed by atoms with E-state index in [0.717, 1.165) is 13.0 Å². The summed E-state index contributed by atoms with van der Waals surface area (Å²) >= 11 is 0. The van der Waals surface area contributed by atoms with Gasteiger partial charge in [0, 0.05) is 32.2 Å². The summed E-state index contributed by atoms with van der Waals surface area (Å²) in [6, 6.07) is 0. The lowest BCUT2D eigenvalue weighted by Crippen LogP contribution is -2.10. The van der Waals surface area contributed by atoms with E-state index < -0.39 is 0 Å². The van der Waals surface area contributed by atoms with E-state index in [1.54, 1.807) is 12.4 Å². The van der Waals surface area contributed by atoms with E-state index in [1.165, 1.54) is 0 Å². The maximum Gasteiger partial charge on any atom is 0.0426 e. The summed E-state index contributed by atoms with van der Waals surface area (Å²) in [5.41, 5.74) is 0. The Labute approximate surface area is 61.6 Å². The first-order valence-electron chi connectivity index (χ1n) is 3.45. The zero-order chi connectivity index (χ0) is 7.23. The van der Waals surface area contributed by atoms with Crippen LogP contribution in [0.15, 0.2) is 29.5 Å². The van der Waals surface area contributed by atoms with Crippen molar-refractivity contribution in [1.82, 2.24) is 4.90 Å². The minimum Gasteiger partial charge on any atom is -0.379 e. The minimum absolute atomic E-state index is 1.07. The molecule has 1 aliphatic heterocycles. The van der Waals surface area contributed by atoms with Gasteiger partial charge in [0.25, 0.3) is 0 Å².